The zero-order chi connectivity index (χ0) is 17.4. The molecule has 0 aliphatic heterocycles. The molecule has 0 saturated heterocycles. The Hall–Kier alpha value is -2.48. The topological polar surface area (TPSA) is 103 Å². The van der Waals surface area contributed by atoms with E-state index < -0.39 is 17.8 Å². The molecule has 3 rings (SSSR count). The monoisotopic (exact) mass is 347 g/mol. The fraction of sp³-hybridized carbons (Fsp3) is 0.312. The van der Waals surface area contributed by atoms with Crippen molar-refractivity contribution in [3.63, 3.8) is 0 Å². The molecule has 0 radical (unpaired) electrons. The highest BCUT2D eigenvalue weighted by Gasteiger charge is 2.40. The molecule has 2 aromatic heterocycles. The van der Waals surface area contributed by atoms with Crippen LogP contribution in [0.2, 0.25) is 0 Å². The van der Waals surface area contributed by atoms with Crippen LogP contribution in [0.5, 0.6) is 0 Å². The van der Waals surface area contributed by atoms with E-state index in [-0.39, 0.29) is 29.5 Å². The average Bonchev–Trinajstić information content (AvgIpc) is 2.89. The standard InChI is InChI=1S/C16H14FN3O3S/c1-7-4-9-16(24-12(20-9)5-11(18)21)15(23)13(7)14(22)8-2-3-10(17)19-6-8/h2-3,6-7,13H,4-5H2,1H3,(H2,18,21). The summed E-state index contributed by atoms with van der Waals surface area (Å²) in [5, 5.41) is 0.476. The first kappa shape index (κ1) is 16.4. The van der Waals surface area contributed by atoms with Gasteiger partial charge in [-0.05, 0) is 24.5 Å². The molecule has 2 aromatic rings. The molecule has 6 nitrogen and oxygen atoms in total. The van der Waals surface area contributed by atoms with Gasteiger partial charge < -0.3 is 5.73 Å². The van der Waals surface area contributed by atoms with Crippen LogP contribution in [0.15, 0.2) is 18.3 Å². The molecule has 0 aromatic carbocycles. The molecule has 24 heavy (non-hydrogen) atoms. The Bertz CT molecular complexity index is 832. The van der Waals surface area contributed by atoms with Gasteiger partial charge in [0.25, 0.3) is 0 Å². The number of rotatable bonds is 4. The second-order valence-corrected chi connectivity index (χ2v) is 6.87. The van der Waals surface area contributed by atoms with E-state index >= 15 is 0 Å². The Morgan fingerprint density at radius 3 is 2.79 bits per heavy atom. The molecule has 0 bridgehead atoms. The van der Waals surface area contributed by atoms with Gasteiger partial charge in [0.05, 0.1) is 22.9 Å². The quantitative estimate of drug-likeness (QED) is 0.514. The molecule has 2 heterocycles. The number of hydrogen-bond acceptors (Lipinski definition) is 6. The van der Waals surface area contributed by atoms with E-state index in [0.717, 1.165) is 23.6 Å². The number of thiazole rings is 1. The zero-order valence-electron chi connectivity index (χ0n) is 12.8. The highest BCUT2D eigenvalue weighted by Crippen LogP contribution is 2.35. The van der Waals surface area contributed by atoms with Crippen molar-refractivity contribution in [1.29, 1.82) is 0 Å². The molecule has 1 aliphatic carbocycles. The lowest BCUT2D eigenvalue weighted by Crippen LogP contribution is -2.35. The van der Waals surface area contributed by atoms with E-state index in [1.165, 1.54) is 6.07 Å². The molecule has 0 spiro atoms. The number of halogens is 1. The van der Waals surface area contributed by atoms with Gasteiger partial charge >= 0.3 is 0 Å². The van der Waals surface area contributed by atoms with Gasteiger partial charge in [0.2, 0.25) is 11.9 Å². The maximum Gasteiger partial charge on any atom is 0.224 e. The third kappa shape index (κ3) is 2.96. The molecule has 0 fully saturated rings. The number of pyridine rings is 1. The zero-order valence-corrected chi connectivity index (χ0v) is 13.6. The number of Topliss-reactive ketones (excluding diaryl/α,β-unsaturated/α-hetero) is 2. The Balaban J connectivity index is 1.92. The smallest absolute Gasteiger partial charge is 0.224 e. The van der Waals surface area contributed by atoms with Crippen molar-refractivity contribution < 1.29 is 18.8 Å². The lowest BCUT2D eigenvalue weighted by molar-refractivity contribution is -0.117. The Morgan fingerprint density at radius 2 is 2.17 bits per heavy atom. The van der Waals surface area contributed by atoms with Crippen molar-refractivity contribution in [3.8, 4) is 0 Å². The van der Waals surface area contributed by atoms with Crippen LogP contribution in [-0.4, -0.2) is 27.4 Å². The summed E-state index contributed by atoms with van der Waals surface area (Å²) in [5.41, 5.74) is 5.97. The summed E-state index contributed by atoms with van der Waals surface area (Å²) in [7, 11) is 0. The Labute approximate surface area is 140 Å². The minimum absolute atomic E-state index is 0.0280. The normalized spacial score (nSPS) is 19.8. The molecule has 2 unspecified atom stereocenters. The van der Waals surface area contributed by atoms with E-state index in [1.807, 2.05) is 0 Å². The molecule has 0 saturated carbocycles. The highest BCUT2D eigenvalue weighted by atomic mass is 32.1. The molecule has 1 aliphatic rings. The molecule has 2 atom stereocenters. The molecule has 8 heteroatoms. The predicted molar refractivity (Wildman–Crippen MR) is 84.2 cm³/mol. The van der Waals surface area contributed by atoms with Gasteiger partial charge in [-0.3, -0.25) is 14.4 Å². The lowest BCUT2D eigenvalue weighted by atomic mass is 9.77. The summed E-state index contributed by atoms with van der Waals surface area (Å²) in [6, 6.07) is 2.42. The first-order valence-electron chi connectivity index (χ1n) is 7.33. The first-order valence-corrected chi connectivity index (χ1v) is 8.15. The van der Waals surface area contributed by atoms with Crippen LogP contribution in [0.4, 0.5) is 4.39 Å². The number of aromatic nitrogens is 2. The van der Waals surface area contributed by atoms with Gasteiger partial charge in [0.15, 0.2) is 11.6 Å². The third-order valence-corrected chi connectivity index (χ3v) is 5.06. The summed E-state index contributed by atoms with van der Waals surface area (Å²) >= 11 is 1.10. The SMILES string of the molecule is CC1Cc2nc(CC(N)=O)sc2C(=O)C1C(=O)c1ccc(F)nc1. The van der Waals surface area contributed by atoms with Gasteiger partial charge in [-0.25, -0.2) is 9.97 Å². The van der Waals surface area contributed by atoms with Gasteiger partial charge in [-0.2, -0.15) is 4.39 Å². The average molecular weight is 347 g/mol. The van der Waals surface area contributed by atoms with Crippen LogP contribution >= 0.6 is 11.3 Å². The fourth-order valence-electron chi connectivity index (χ4n) is 2.86. The maximum atomic E-state index is 12.9. The number of ketones is 2. The van der Waals surface area contributed by atoms with Gasteiger partial charge in [0.1, 0.15) is 5.01 Å². The van der Waals surface area contributed by atoms with E-state index in [4.69, 9.17) is 5.73 Å². The second kappa shape index (κ2) is 6.20. The van der Waals surface area contributed by atoms with Crippen LogP contribution in [0.25, 0.3) is 0 Å². The summed E-state index contributed by atoms with van der Waals surface area (Å²) in [5.74, 6) is -3.00. The van der Waals surface area contributed by atoms with E-state index in [9.17, 15) is 18.8 Å². The highest BCUT2D eigenvalue weighted by molar-refractivity contribution is 7.14. The van der Waals surface area contributed by atoms with Crippen molar-refractivity contribution in [3.05, 3.63) is 45.4 Å². The van der Waals surface area contributed by atoms with Crippen LogP contribution in [-0.2, 0) is 17.6 Å². The largest absolute Gasteiger partial charge is 0.369 e. The van der Waals surface area contributed by atoms with Gasteiger partial charge in [-0.15, -0.1) is 11.3 Å². The number of primary amides is 1. The Kier molecular flexibility index (Phi) is 4.23. The number of nitrogens with two attached hydrogens (primary N) is 1. The lowest BCUT2D eigenvalue weighted by Gasteiger charge is -2.25. The van der Waals surface area contributed by atoms with E-state index in [1.54, 1.807) is 6.92 Å². The van der Waals surface area contributed by atoms with Crippen molar-refractivity contribution in [2.75, 3.05) is 0 Å². The number of amides is 1. The third-order valence-electron chi connectivity index (χ3n) is 3.95. The number of nitrogens with zero attached hydrogens (tertiary/aromatic N) is 2. The minimum atomic E-state index is -0.855. The van der Waals surface area contributed by atoms with E-state index in [2.05, 4.69) is 9.97 Å². The summed E-state index contributed by atoms with van der Waals surface area (Å²) in [4.78, 5) is 44.6. The summed E-state index contributed by atoms with van der Waals surface area (Å²) in [6.07, 6.45) is 1.57. The summed E-state index contributed by atoms with van der Waals surface area (Å²) in [6.45, 7) is 1.80. The van der Waals surface area contributed by atoms with Crippen LogP contribution in [0.3, 0.4) is 0 Å². The Morgan fingerprint density at radius 1 is 1.42 bits per heavy atom. The number of carbonyl (C=O) groups is 3. The maximum absolute atomic E-state index is 12.9. The van der Waals surface area contributed by atoms with Crippen molar-refractivity contribution >= 4 is 28.8 Å². The van der Waals surface area contributed by atoms with Crippen molar-refractivity contribution in [2.24, 2.45) is 17.6 Å². The van der Waals surface area contributed by atoms with Crippen LogP contribution in [0, 0.1) is 17.8 Å². The predicted octanol–water partition coefficient (Wildman–Crippen LogP) is 1.58. The van der Waals surface area contributed by atoms with Crippen molar-refractivity contribution in [1.82, 2.24) is 9.97 Å². The van der Waals surface area contributed by atoms with Gasteiger partial charge in [-0.1, -0.05) is 6.92 Å². The fourth-order valence-corrected chi connectivity index (χ4v) is 3.94. The van der Waals surface area contributed by atoms with Crippen LogP contribution < -0.4 is 5.73 Å². The van der Waals surface area contributed by atoms with Gasteiger partial charge in [0, 0.05) is 11.8 Å². The molecule has 1 amide bonds. The molecular formula is C16H14FN3O3S. The first-order chi connectivity index (χ1) is 11.4. The summed E-state index contributed by atoms with van der Waals surface area (Å²) < 4.78 is 12.9. The number of hydrogen-bond donors (Lipinski definition) is 1. The van der Waals surface area contributed by atoms with E-state index in [0.29, 0.717) is 22.0 Å². The molecule has 2 N–H and O–H groups in total. The van der Waals surface area contributed by atoms with Crippen LogP contribution in [0.1, 0.15) is 37.7 Å². The molecule has 124 valence electrons. The number of fused-ring (bicyclic) bond motifs is 1. The van der Waals surface area contributed by atoms with Crippen molar-refractivity contribution in [2.45, 2.75) is 19.8 Å². The molecular weight excluding hydrogens is 333 g/mol. The minimum Gasteiger partial charge on any atom is -0.369 e. The second-order valence-electron chi connectivity index (χ2n) is 5.78. The number of carbonyl (C=O) groups excluding carboxylic acids is 3.